The highest BCUT2D eigenvalue weighted by Gasteiger charge is 2.18. The van der Waals surface area contributed by atoms with Crippen molar-refractivity contribution in [2.24, 2.45) is 0 Å². The third kappa shape index (κ3) is 4.78. The SMILES string of the molecule is COc1ncccc1-c1cc(C)c(OCc2ccccn2)c(CN2CCOCC2)c1. The molecule has 0 bridgehead atoms. The van der Waals surface area contributed by atoms with Gasteiger partial charge in [-0.15, -0.1) is 0 Å². The third-order valence-corrected chi connectivity index (χ3v) is 5.22. The second-order valence-corrected chi connectivity index (χ2v) is 7.34. The van der Waals surface area contributed by atoms with Crippen molar-refractivity contribution in [3.63, 3.8) is 0 Å². The summed E-state index contributed by atoms with van der Waals surface area (Å²) in [6.07, 6.45) is 3.53. The van der Waals surface area contributed by atoms with Gasteiger partial charge < -0.3 is 14.2 Å². The van der Waals surface area contributed by atoms with Crippen molar-refractivity contribution >= 4 is 0 Å². The average Bonchev–Trinajstić information content (AvgIpc) is 2.79. The highest BCUT2D eigenvalue weighted by molar-refractivity contribution is 5.71. The maximum atomic E-state index is 6.28. The molecule has 0 amide bonds. The van der Waals surface area contributed by atoms with Gasteiger partial charge in [0.2, 0.25) is 5.88 Å². The number of hydrogen-bond acceptors (Lipinski definition) is 6. The van der Waals surface area contributed by atoms with Crippen LogP contribution in [0.5, 0.6) is 11.6 Å². The number of rotatable bonds is 7. The van der Waals surface area contributed by atoms with E-state index in [9.17, 15) is 0 Å². The Bertz CT molecular complexity index is 973. The summed E-state index contributed by atoms with van der Waals surface area (Å²) in [4.78, 5) is 11.1. The predicted octanol–water partition coefficient (Wildman–Crippen LogP) is 3.87. The minimum absolute atomic E-state index is 0.438. The van der Waals surface area contributed by atoms with Crippen LogP contribution in [0.25, 0.3) is 11.1 Å². The number of benzene rings is 1. The summed E-state index contributed by atoms with van der Waals surface area (Å²) in [5.41, 5.74) is 5.19. The summed E-state index contributed by atoms with van der Waals surface area (Å²) in [7, 11) is 1.65. The van der Waals surface area contributed by atoms with Crippen LogP contribution in [0, 0.1) is 6.92 Å². The fourth-order valence-corrected chi connectivity index (χ4v) is 3.73. The minimum atomic E-state index is 0.438. The van der Waals surface area contributed by atoms with Crippen LogP contribution in [-0.2, 0) is 17.9 Å². The third-order valence-electron chi connectivity index (χ3n) is 5.22. The Morgan fingerprint density at radius 2 is 1.87 bits per heavy atom. The van der Waals surface area contributed by atoms with E-state index in [4.69, 9.17) is 14.2 Å². The molecular formula is C24H27N3O3. The molecule has 30 heavy (non-hydrogen) atoms. The van der Waals surface area contributed by atoms with Crippen molar-refractivity contribution in [3.05, 3.63) is 71.7 Å². The zero-order valence-corrected chi connectivity index (χ0v) is 17.5. The molecule has 6 nitrogen and oxygen atoms in total. The fraction of sp³-hybridized carbons (Fsp3) is 0.333. The first kappa shape index (κ1) is 20.3. The number of pyridine rings is 2. The van der Waals surface area contributed by atoms with Gasteiger partial charge in [-0.3, -0.25) is 9.88 Å². The molecule has 6 heteroatoms. The standard InChI is InChI=1S/C24H27N3O3/c1-18-14-19(22-7-5-9-26-24(22)28-2)15-20(16-27-10-12-29-13-11-27)23(18)30-17-21-6-3-4-8-25-21/h3-9,14-15H,10-13,16-17H2,1-2H3. The van der Waals surface area contributed by atoms with Crippen LogP contribution in [0.3, 0.4) is 0 Å². The van der Waals surface area contributed by atoms with Crippen LogP contribution in [0.4, 0.5) is 0 Å². The largest absolute Gasteiger partial charge is 0.487 e. The quantitative estimate of drug-likeness (QED) is 0.595. The Hall–Kier alpha value is -2.96. The lowest BCUT2D eigenvalue weighted by molar-refractivity contribution is 0.0337. The Morgan fingerprint density at radius 1 is 1.03 bits per heavy atom. The summed E-state index contributed by atoms with van der Waals surface area (Å²) in [5, 5.41) is 0. The Labute approximate surface area is 177 Å². The number of hydrogen-bond donors (Lipinski definition) is 0. The number of morpholine rings is 1. The highest BCUT2D eigenvalue weighted by atomic mass is 16.5. The van der Waals surface area contributed by atoms with E-state index in [1.165, 1.54) is 0 Å². The van der Waals surface area contributed by atoms with Gasteiger partial charge in [0.25, 0.3) is 0 Å². The molecule has 0 N–H and O–H groups in total. The molecule has 0 radical (unpaired) electrons. The predicted molar refractivity (Wildman–Crippen MR) is 116 cm³/mol. The van der Waals surface area contributed by atoms with Crippen molar-refractivity contribution in [1.82, 2.24) is 14.9 Å². The second kappa shape index (κ2) is 9.69. The zero-order chi connectivity index (χ0) is 20.8. The van der Waals surface area contributed by atoms with Gasteiger partial charge >= 0.3 is 0 Å². The summed E-state index contributed by atoms with van der Waals surface area (Å²) in [6, 6.07) is 14.2. The molecule has 1 aromatic carbocycles. The molecule has 0 spiro atoms. The Kier molecular flexibility index (Phi) is 6.57. The molecule has 1 aliphatic rings. The molecule has 1 aliphatic heterocycles. The normalized spacial score (nSPS) is 14.5. The first-order chi connectivity index (χ1) is 14.7. The number of methoxy groups -OCH3 is 1. The number of nitrogens with zero attached hydrogens (tertiary/aromatic N) is 3. The zero-order valence-electron chi connectivity index (χ0n) is 17.5. The number of aryl methyl sites for hydroxylation is 1. The molecule has 156 valence electrons. The lowest BCUT2D eigenvalue weighted by Gasteiger charge is -2.28. The molecule has 3 heterocycles. The van der Waals surface area contributed by atoms with Gasteiger partial charge in [-0.25, -0.2) is 4.98 Å². The van der Waals surface area contributed by atoms with E-state index >= 15 is 0 Å². The molecular weight excluding hydrogens is 378 g/mol. The van der Waals surface area contributed by atoms with Crippen LogP contribution < -0.4 is 9.47 Å². The molecule has 2 aromatic heterocycles. The first-order valence-corrected chi connectivity index (χ1v) is 10.2. The van der Waals surface area contributed by atoms with Gasteiger partial charge in [0, 0.05) is 43.2 Å². The van der Waals surface area contributed by atoms with Crippen LogP contribution in [0.1, 0.15) is 16.8 Å². The monoisotopic (exact) mass is 405 g/mol. The van der Waals surface area contributed by atoms with E-state index in [1.807, 2.05) is 30.3 Å². The Morgan fingerprint density at radius 3 is 2.63 bits per heavy atom. The molecule has 0 unspecified atom stereocenters. The highest BCUT2D eigenvalue weighted by Crippen LogP contribution is 2.35. The van der Waals surface area contributed by atoms with Crippen molar-refractivity contribution in [3.8, 4) is 22.8 Å². The van der Waals surface area contributed by atoms with Crippen LogP contribution in [0.2, 0.25) is 0 Å². The van der Waals surface area contributed by atoms with Gasteiger partial charge in [0.05, 0.1) is 26.0 Å². The van der Waals surface area contributed by atoms with Gasteiger partial charge in [-0.05, 0) is 54.4 Å². The molecule has 3 aromatic rings. The summed E-state index contributed by atoms with van der Waals surface area (Å²) in [6.45, 7) is 6.69. The summed E-state index contributed by atoms with van der Waals surface area (Å²) >= 11 is 0. The molecule has 0 atom stereocenters. The van der Waals surface area contributed by atoms with Crippen LogP contribution >= 0.6 is 0 Å². The van der Waals surface area contributed by atoms with E-state index < -0.39 is 0 Å². The fourth-order valence-electron chi connectivity index (χ4n) is 3.73. The van der Waals surface area contributed by atoms with Crippen molar-refractivity contribution in [1.29, 1.82) is 0 Å². The summed E-state index contributed by atoms with van der Waals surface area (Å²) in [5.74, 6) is 1.54. The maximum Gasteiger partial charge on any atom is 0.221 e. The van der Waals surface area contributed by atoms with E-state index in [2.05, 4.69) is 33.9 Å². The van der Waals surface area contributed by atoms with Crippen molar-refractivity contribution in [2.75, 3.05) is 33.4 Å². The van der Waals surface area contributed by atoms with E-state index in [0.717, 1.165) is 66.5 Å². The van der Waals surface area contributed by atoms with Gasteiger partial charge in [0.1, 0.15) is 12.4 Å². The minimum Gasteiger partial charge on any atom is -0.487 e. The van der Waals surface area contributed by atoms with Crippen LogP contribution in [0.15, 0.2) is 54.9 Å². The van der Waals surface area contributed by atoms with Crippen molar-refractivity contribution < 1.29 is 14.2 Å². The molecule has 1 fully saturated rings. The average molecular weight is 405 g/mol. The summed E-state index contributed by atoms with van der Waals surface area (Å²) < 4.78 is 17.3. The van der Waals surface area contributed by atoms with Crippen LogP contribution in [-0.4, -0.2) is 48.3 Å². The number of ether oxygens (including phenoxy) is 3. The van der Waals surface area contributed by atoms with E-state index in [0.29, 0.717) is 12.5 Å². The van der Waals surface area contributed by atoms with Gasteiger partial charge in [-0.2, -0.15) is 0 Å². The maximum absolute atomic E-state index is 6.28. The molecule has 0 aliphatic carbocycles. The first-order valence-electron chi connectivity index (χ1n) is 10.2. The second-order valence-electron chi connectivity index (χ2n) is 7.34. The molecule has 1 saturated heterocycles. The van der Waals surface area contributed by atoms with E-state index in [-0.39, 0.29) is 0 Å². The van der Waals surface area contributed by atoms with Gasteiger partial charge in [-0.1, -0.05) is 6.07 Å². The Balaban J connectivity index is 1.68. The number of aromatic nitrogens is 2. The molecule has 0 saturated carbocycles. The van der Waals surface area contributed by atoms with Gasteiger partial charge in [0.15, 0.2) is 0 Å². The smallest absolute Gasteiger partial charge is 0.221 e. The molecule has 4 rings (SSSR count). The lowest BCUT2D eigenvalue weighted by Crippen LogP contribution is -2.35. The lowest BCUT2D eigenvalue weighted by atomic mass is 9.99. The topological polar surface area (TPSA) is 56.7 Å². The van der Waals surface area contributed by atoms with Crippen molar-refractivity contribution in [2.45, 2.75) is 20.1 Å². The van der Waals surface area contributed by atoms with E-state index in [1.54, 1.807) is 19.5 Å².